The number of hydrogen-bond donors (Lipinski definition) is 0. The normalized spacial score (nSPS) is 13.1. The molecule has 1 unspecified atom stereocenters. The number of hydrogen-bond acceptors (Lipinski definition) is 6. The van der Waals surface area contributed by atoms with E-state index in [-0.39, 0.29) is 31.1 Å². The van der Waals surface area contributed by atoms with Crippen LogP contribution in [0.5, 0.6) is 0 Å². The predicted octanol–water partition coefficient (Wildman–Crippen LogP) is 19.0. The summed E-state index contributed by atoms with van der Waals surface area (Å²) in [5.74, 6) is -0.996. The summed E-state index contributed by atoms with van der Waals surface area (Å²) in [5.41, 5.74) is 0. The zero-order valence-corrected chi connectivity index (χ0v) is 45.0. The van der Waals surface area contributed by atoms with Crippen molar-refractivity contribution in [1.29, 1.82) is 0 Å². The van der Waals surface area contributed by atoms with Crippen LogP contribution in [0.3, 0.4) is 0 Å². The Morgan fingerprint density at radius 3 is 1.04 bits per heavy atom. The van der Waals surface area contributed by atoms with Gasteiger partial charge in [0.25, 0.3) is 0 Å². The van der Waals surface area contributed by atoms with Gasteiger partial charge in [-0.05, 0) is 96.3 Å². The average Bonchev–Trinajstić information content (AvgIpc) is 3.36. The molecule has 0 amide bonds. The zero-order chi connectivity index (χ0) is 50.7. The molecule has 0 aromatic rings. The van der Waals surface area contributed by atoms with Gasteiger partial charge < -0.3 is 14.2 Å². The van der Waals surface area contributed by atoms with Crippen molar-refractivity contribution >= 4 is 17.9 Å². The van der Waals surface area contributed by atoms with Gasteiger partial charge in [-0.15, -0.1) is 0 Å². The van der Waals surface area contributed by atoms with Crippen LogP contribution in [0.25, 0.3) is 0 Å². The second-order valence-corrected chi connectivity index (χ2v) is 18.3. The average molecular weight is 968 g/mol. The molecule has 0 saturated heterocycles. The minimum absolute atomic E-state index is 0.115. The van der Waals surface area contributed by atoms with Gasteiger partial charge in [0.15, 0.2) is 6.10 Å². The van der Waals surface area contributed by atoms with Crippen LogP contribution in [0, 0.1) is 0 Å². The lowest BCUT2D eigenvalue weighted by atomic mass is 10.1. The molecule has 0 aromatic carbocycles. The lowest BCUT2D eigenvalue weighted by Gasteiger charge is -2.18. The smallest absolute Gasteiger partial charge is 0.306 e. The van der Waals surface area contributed by atoms with Crippen molar-refractivity contribution in [2.24, 2.45) is 0 Å². The van der Waals surface area contributed by atoms with Crippen LogP contribution in [0.2, 0.25) is 0 Å². The van der Waals surface area contributed by atoms with Crippen LogP contribution in [-0.4, -0.2) is 37.2 Å². The molecule has 0 N–H and O–H groups in total. The molecule has 0 aliphatic rings. The molecular weight excluding hydrogens is 865 g/mol. The van der Waals surface area contributed by atoms with Crippen molar-refractivity contribution < 1.29 is 28.6 Å². The first-order valence-electron chi connectivity index (χ1n) is 28.3. The highest BCUT2D eigenvalue weighted by molar-refractivity contribution is 5.71. The van der Waals surface area contributed by atoms with Crippen LogP contribution in [-0.2, 0) is 28.6 Å². The third-order valence-electron chi connectivity index (χ3n) is 11.6. The minimum atomic E-state index is -0.818. The van der Waals surface area contributed by atoms with Gasteiger partial charge in [-0.25, -0.2) is 0 Å². The molecule has 1 atom stereocenters. The summed E-state index contributed by atoms with van der Waals surface area (Å²) < 4.78 is 16.8. The van der Waals surface area contributed by atoms with Crippen molar-refractivity contribution in [2.75, 3.05) is 13.2 Å². The Labute approximate surface area is 430 Å². The Kier molecular flexibility index (Phi) is 53.5. The molecule has 0 spiro atoms. The molecule has 0 aliphatic heterocycles. The van der Waals surface area contributed by atoms with Gasteiger partial charge in [0, 0.05) is 19.3 Å². The van der Waals surface area contributed by atoms with Crippen molar-refractivity contribution in [3.8, 4) is 0 Å². The maximum Gasteiger partial charge on any atom is 0.306 e. The fraction of sp³-hybridized carbons (Fsp3) is 0.609. The Morgan fingerprint density at radius 2 is 0.614 bits per heavy atom. The molecule has 0 saturated carbocycles. The first-order chi connectivity index (χ1) is 34.5. The number of esters is 3. The molecule has 6 nitrogen and oxygen atoms in total. The van der Waals surface area contributed by atoms with Crippen molar-refractivity contribution in [3.05, 3.63) is 134 Å². The highest BCUT2D eigenvalue weighted by atomic mass is 16.6. The molecule has 394 valence electrons. The van der Waals surface area contributed by atoms with Gasteiger partial charge in [0.2, 0.25) is 0 Å². The number of carbonyl (C=O) groups is 3. The van der Waals surface area contributed by atoms with Crippen LogP contribution in [0.4, 0.5) is 0 Å². The molecule has 0 rings (SSSR count). The lowest BCUT2D eigenvalue weighted by Crippen LogP contribution is -2.30. The number of ether oxygens (including phenoxy) is 3. The van der Waals surface area contributed by atoms with Crippen LogP contribution in [0.15, 0.2) is 134 Å². The topological polar surface area (TPSA) is 78.9 Å². The predicted molar refractivity (Wildman–Crippen MR) is 302 cm³/mol. The highest BCUT2D eigenvalue weighted by Gasteiger charge is 2.19. The quantitative estimate of drug-likeness (QED) is 0.0199. The molecule has 0 heterocycles. The molecule has 0 radical (unpaired) electrons. The highest BCUT2D eigenvalue weighted by Crippen LogP contribution is 2.13. The number of carbonyl (C=O) groups excluding carboxylic acids is 3. The largest absolute Gasteiger partial charge is 0.462 e. The maximum atomic E-state index is 12.9. The van der Waals surface area contributed by atoms with E-state index in [0.717, 1.165) is 96.3 Å². The third-order valence-corrected chi connectivity index (χ3v) is 11.6. The molecule has 0 aliphatic carbocycles. The van der Waals surface area contributed by atoms with E-state index in [1.54, 1.807) is 0 Å². The van der Waals surface area contributed by atoms with Crippen LogP contribution >= 0.6 is 0 Å². The first-order valence-corrected chi connectivity index (χ1v) is 28.3. The standard InChI is InChI=1S/C64H102O6/c1-4-7-10-13-16-19-22-25-28-31-32-34-36-39-42-45-48-51-54-57-63(66)69-60-61(59-68-62(65)56-53-50-47-44-41-38-35-30-27-24-21-18-15-12-9-6-3)70-64(67)58-55-52-49-46-43-40-37-33-29-26-23-20-17-14-11-8-5-2/h7,10,13,16-17,19-20,22,25-26,28-32,34-36,38-39,41-42,61H,4-6,8-9,11-12,14-15,18,21,23-24,27,33,37,40,43-60H2,1-3H3/b10-7-,16-13-,20-17-,22-19-,28-25-,29-26-,32-31+,35-30-,36-34-,41-38-,42-39-. The maximum absolute atomic E-state index is 12.9. The SMILES string of the molecule is CC\C=C/C=C\C=C/C=C\C=C\C=C/C=C\CCCCCC(=O)OCC(COC(=O)CCCCC/C=C\C=C/CCCCCCCCC)OC(=O)CCCCCCCCC/C=C\C/C=C\CCCCC. The summed E-state index contributed by atoms with van der Waals surface area (Å²) in [7, 11) is 0. The fourth-order valence-electron chi connectivity index (χ4n) is 7.33. The van der Waals surface area contributed by atoms with E-state index in [1.807, 2.05) is 72.9 Å². The van der Waals surface area contributed by atoms with Crippen molar-refractivity contribution in [1.82, 2.24) is 0 Å². The molecule has 70 heavy (non-hydrogen) atoms. The Hall–Kier alpha value is -4.45. The Morgan fingerprint density at radius 1 is 0.314 bits per heavy atom. The zero-order valence-electron chi connectivity index (χ0n) is 45.0. The molecule has 0 bridgehead atoms. The van der Waals surface area contributed by atoms with E-state index < -0.39 is 6.10 Å². The number of rotatable bonds is 49. The van der Waals surface area contributed by atoms with E-state index >= 15 is 0 Å². The van der Waals surface area contributed by atoms with E-state index in [1.165, 1.54) is 96.3 Å². The minimum Gasteiger partial charge on any atom is -0.462 e. The molecule has 0 aromatic heterocycles. The molecule has 6 heteroatoms. The van der Waals surface area contributed by atoms with Crippen molar-refractivity contribution in [3.63, 3.8) is 0 Å². The van der Waals surface area contributed by atoms with Crippen LogP contribution < -0.4 is 0 Å². The van der Waals surface area contributed by atoms with Gasteiger partial charge in [-0.1, -0.05) is 251 Å². The number of allylic oxidation sites excluding steroid dienone is 22. The van der Waals surface area contributed by atoms with Crippen molar-refractivity contribution in [2.45, 2.75) is 239 Å². The monoisotopic (exact) mass is 967 g/mol. The van der Waals surface area contributed by atoms with Gasteiger partial charge in [0.05, 0.1) is 0 Å². The van der Waals surface area contributed by atoms with Gasteiger partial charge >= 0.3 is 17.9 Å². The lowest BCUT2D eigenvalue weighted by molar-refractivity contribution is -0.167. The first kappa shape index (κ1) is 65.5. The summed E-state index contributed by atoms with van der Waals surface area (Å²) in [6.07, 6.45) is 80.0. The van der Waals surface area contributed by atoms with Gasteiger partial charge in [-0.3, -0.25) is 14.4 Å². The van der Waals surface area contributed by atoms with E-state index in [2.05, 4.69) is 81.5 Å². The van der Waals surface area contributed by atoms with Gasteiger partial charge in [0.1, 0.15) is 13.2 Å². The van der Waals surface area contributed by atoms with E-state index in [0.29, 0.717) is 19.3 Å². The Bertz CT molecular complexity index is 1530. The summed E-state index contributed by atoms with van der Waals surface area (Å²) in [6.45, 7) is 6.39. The Balaban J connectivity index is 4.57. The van der Waals surface area contributed by atoms with E-state index in [4.69, 9.17) is 14.2 Å². The molecule has 0 fully saturated rings. The summed E-state index contributed by atoms with van der Waals surface area (Å²) in [5, 5.41) is 0. The second-order valence-electron chi connectivity index (χ2n) is 18.3. The van der Waals surface area contributed by atoms with E-state index in [9.17, 15) is 14.4 Å². The second kappa shape index (κ2) is 57.1. The van der Waals surface area contributed by atoms with Crippen LogP contribution in [0.1, 0.15) is 233 Å². The summed E-state index contributed by atoms with van der Waals surface area (Å²) >= 11 is 0. The fourth-order valence-corrected chi connectivity index (χ4v) is 7.33. The molecular formula is C64H102O6. The number of unbranched alkanes of at least 4 members (excludes halogenated alkanes) is 23. The van der Waals surface area contributed by atoms with Gasteiger partial charge in [-0.2, -0.15) is 0 Å². The summed E-state index contributed by atoms with van der Waals surface area (Å²) in [6, 6.07) is 0. The summed E-state index contributed by atoms with van der Waals surface area (Å²) in [4.78, 5) is 38.1. The third kappa shape index (κ3) is 54.5.